The van der Waals surface area contributed by atoms with Gasteiger partial charge in [-0.15, -0.1) is 0 Å². The van der Waals surface area contributed by atoms with E-state index in [0.717, 1.165) is 0 Å². The summed E-state index contributed by atoms with van der Waals surface area (Å²) in [7, 11) is 2.76. The highest BCUT2D eigenvalue weighted by atomic mass is 32.1. The summed E-state index contributed by atoms with van der Waals surface area (Å²) in [5.74, 6) is -0.0441. The molecular formula is C36H35FN2O9S. The maximum atomic E-state index is 14.1. The van der Waals surface area contributed by atoms with Crippen LogP contribution in [-0.2, 0) is 25.7 Å². The van der Waals surface area contributed by atoms with Crippen molar-refractivity contribution in [3.8, 4) is 23.0 Å². The molecule has 13 heteroatoms. The number of hydrogen-bond donors (Lipinski definition) is 0. The van der Waals surface area contributed by atoms with Crippen molar-refractivity contribution in [1.82, 2.24) is 4.57 Å². The summed E-state index contributed by atoms with van der Waals surface area (Å²) in [6.45, 7) is 5.42. The van der Waals surface area contributed by atoms with Crippen molar-refractivity contribution < 1.29 is 42.4 Å². The van der Waals surface area contributed by atoms with Crippen LogP contribution in [0.15, 0.2) is 81.7 Å². The van der Waals surface area contributed by atoms with Crippen molar-refractivity contribution in [2.75, 3.05) is 34.0 Å². The smallest absolute Gasteiger partial charge is 0.343 e. The molecule has 1 aliphatic rings. The van der Waals surface area contributed by atoms with Crippen LogP contribution in [0.25, 0.3) is 6.08 Å². The summed E-state index contributed by atoms with van der Waals surface area (Å²) in [6, 6.07) is 15.4. The summed E-state index contributed by atoms with van der Waals surface area (Å²) in [5.41, 5.74) is 2.09. The average molecular weight is 691 g/mol. The van der Waals surface area contributed by atoms with E-state index in [-0.39, 0.29) is 36.8 Å². The maximum Gasteiger partial charge on any atom is 0.343 e. The van der Waals surface area contributed by atoms with Gasteiger partial charge in [0.05, 0.1) is 49.3 Å². The lowest BCUT2D eigenvalue weighted by Gasteiger charge is -2.25. The van der Waals surface area contributed by atoms with E-state index in [2.05, 4.69) is 9.73 Å². The van der Waals surface area contributed by atoms with Crippen LogP contribution >= 0.6 is 11.3 Å². The molecule has 11 nitrogen and oxygen atoms in total. The van der Waals surface area contributed by atoms with Gasteiger partial charge in [-0.1, -0.05) is 35.6 Å². The van der Waals surface area contributed by atoms with Crippen LogP contribution in [0, 0.1) is 5.82 Å². The number of carbonyl (C=O) groups excluding carboxylic acids is 2. The second-order valence-corrected chi connectivity index (χ2v) is 11.6. The number of ether oxygens (including phenoxy) is 6. The third kappa shape index (κ3) is 7.83. The number of benzene rings is 3. The molecule has 0 radical (unpaired) electrons. The van der Waals surface area contributed by atoms with E-state index in [1.54, 1.807) is 75.4 Å². The Balaban J connectivity index is 1.56. The summed E-state index contributed by atoms with van der Waals surface area (Å²) in [6.07, 6.45) is 1.71. The SMILES string of the molecule is CCOC(=O)C1=C(C)N=c2s/c(=C\c3ccc(OCc4cccc(F)c4)c(OC)c3)c(=O)n2[C@@H]1c1ccc(OCC(=O)OC)c(OCC)c1. The number of esters is 2. The first-order valence-electron chi connectivity index (χ1n) is 15.4. The van der Waals surface area contributed by atoms with Crippen LogP contribution in [0.4, 0.5) is 4.39 Å². The van der Waals surface area contributed by atoms with E-state index >= 15 is 0 Å². The Morgan fingerprint density at radius 3 is 2.43 bits per heavy atom. The van der Waals surface area contributed by atoms with E-state index in [4.69, 9.17) is 23.7 Å². The lowest BCUT2D eigenvalue weighted by molar-refractivity contribution is -0.143. The summed E-state index contributed by atoms with van der Waals surface area (Å²) >= 11 is 1.17. The maximum absolute atomic E-state index is 14.1. The minimum absolute atomic E-state index is 0.126. The number of aromatic nitrogens is 1. The Morgan fingerprint density at radius 2 is 1.71 bits per heavy atom. The second kappa shape index (κ2) is 15.6. The number of hydrogen-bond acceptors (Lipinski definition) is 11. The molecule has 3 aromatic carbocycles. The van der Waals surface area contributed by atoms with Gasteiger partial charge in [0.25, 0.3) is 5.56 Å². The van der Waals surface area contributed by atoms with Crippen LogP contribution in [0.1, 0.15) is 43.5 Å². The van der Waals surface area contributed by atoms with Gasteiger partial charge in [0.2, 0.25) is 0 Å². The zero-order chi connectivity index (χ0) is 35.1. The third-order valence-electron chi connectivity index (χ3n) is 7.44. The first-order valence-corrected chi connectivity index (χ1v) is 16.2. The zero-order valence-corrected chi connectivity index (χ0v) is 28.4. The number of nitrogens with zero attached hydrogens (tertiary/aromatic N) is 2. The van der Waals surface area contributed by atoms with Gasteiger partial charge in [0.1, 0.15) is 12.4 Å². The molecule has 0 fully saturated rings. The van der Waals surface area contributed by atoms with Crippen molar-refractivity contribution >= 4 is 29.4 Å². The number of allylic oxidation sites excluding steroid dienone is 1. The quantitative estimate of drug-likeness (QED) is 0.187. The molecular weight excluding hydrogens is 655 g/mol. The fourth-order valence-corrected chi connectivity index (χ4v) is 6.26. The second-order valence-electron chi connectivity index (χ2n) is 10.6. The first-order chi connectivity index (χ1) is 23.7. The van der Waals surface area contributed by atoms with Gasteiger partial charge >= 0.3 is 11.9 Å². The monoisotopic (exact) mass is 690 g/mol. The predicted molar refractivity (Wildman–Crippen MR) is 179 cm³/mol. The molecule has 0 saturated carbocycles. The average Bonchev–Trinajstić information content (AvgIpc) is 3.39. The number of carbonyl (C=O) groups is 2. The normalized spacial score (nSPS) is 14.1. The molecule has 4 aromatic rings. The van der Waals surface area contributed by atoms with E-state index in [1.165, 1.54) is 42.3 Å². The molecule has 0 aliphatic carbocycles. The standard InChI is InChI=1S/C36H35FN2O9S/c1-6-45-29-18-24(12-14-27(29)48-20-31(40)44-5)33-32(35(42)46-7-2)21(3)38-36-39(33)34(41)30(49-36)17-22-11-13-26(28(16-22)43-4)47-19-23-9-8-10-25(37)15-23/h8-18,33H,6-7,19-20H2,1-5H3/b30-17-/t33-/m1/s1. The molecule has 256 valence electrons. The molecule has 1 atom stereocenters. The molecule has 1 aromatic heterocycles. The van der Waals surface area contributed by atoms with Crippen LogP contribution in [0.3, 0.4) is 0 Å². The highest BCUT2D eigenvalue weighted by molar-refractivity contribution is 7.07. The number of halogens is 1. The van der Waals surface area contributed by atoms with Gasteiger partial charge in [-0.2, -0.15) is 0 Å². The molecule has 1 aliphatic heterocycles. The third-order valence-corrected chi connectivity index (χ3v) is 8.43. The van der Waals surface area contributed by atoms with Crippen LogP contribution in [-0.4, -0.2) is 50.5 Å². The Bertz CT molecular complexity index is 2090. The summed E-state index contributed by atoms with van der Waals surface area (Å²) in [5, 5.41) is 0. The van der Waals surface area contributed by atoms with Gasteiger partial charge in [0, 0.05) is 0 Å². The van der Waals surface area contributed by atoms with Crippen molar-refractivity contribution in [3.05, 3.63) is 114 Å². The fourth-order valence-electron chi connectivity index (χ4n) is 5.22. The minimum atomic E-state index is -0.903. The Morgan fingerprint density at radius 1 is 0.939 bits per heavy atom. The molecule has 0 spiro atoms. The fraction of sp³-hybridized carbons (Fsp3) is 0.278. The molecule has 49 heavy (non-hydrogen) atoms. The largest absolute Gasteiger partial charge is 0.493 e. The molecule has 0 N–H and O–H groups in total. The van der Waals surface area contributed by atoms with E-state index < -0.39 is 18.0 Å². The number of fused-ring (bicyclic) bond motifs is 1. The first kappa shape index (κ1) is 34.9. The van der Waals surface area contributed by atoms with Crippen molar-refractivity contribution in [3.63, 3.8) is 0 Å². The number of methoxy groups -OCH3 is 2. The summed E-state index contributed by atoms with van der Waals surface area (Å²) < 4.78 is 48.4. The lowest BCUT2D eigenvalue weighted by atomic mass is 9.95. The van der Waals surface area contributed by atoms with E-state index in [9.17, 15) is 18.8 Å². The zero-order valence-electron chi connectivity index (χ0n) is 27.6. The topological polar surface area (TPSA) is 124 Å². The number of thiazole rings is 1. The molecule has 0 saturated heterocycles. The lowest BCUT2D eigenvalue weighted by Crippen LogP contribution is -2.40. The Kier molecular flexibility index (Phi) is 11.1. The van der Waals surface area contributed by atoms with Crippen LogP contribution in [0.2, 0.25) is 0 Å². The van der Waals surface area contributed by atoms with E-state index in [1.807, 2.05) is 0 Å². The minimum Gasteiger partial charge on any atom is -0.493 e. The molecule has 0 bridgehead atoms. The van der Waals surface area contributed by atoms with Crippen molar-refractivity contribution in [2.45, 2.75) is 33.4 Å². The van der Waals surface area contributed by atoms with Gasteiger partial charge in [-0.05, 0) is 79.9 Å². The molecule has 2 heterocycles. The van der Waals surface area contributed by atoms with Gasteiger partial charge in [-0.3, -0.25) is 9.36 Å². The van der Waals surface area contributed by atoms with Gasteiger partial charge < -0.3 is 28.4 Å². The van der Waals surface area contributed by atoms with Crippen molar-refractivity contribution in [2.24, 2.45) is 4.99 Å². The Hall–Kier alpha value is -5.43. The number of rotatable bonds is 13. The predicted octanol–water partition coefficient (Wildman–Crippen LogP) is 4.48. The molecule has 5 rings (SSSR count). The van der Waals surface area contributed by atoms with Crippen LogP contribution in [0.5, 0.6) is 23.0 Å². The van der Waals surface area contributed by atoms with Crippen molar-refractivity contribution in [1.29, 1.82) is 0 Å². The van der Waals surface area contributed by atoms with E-state index in [0.29, 0.717) is 61.3 Å². The Labute approximate surface area is 285 Å². The van der Waals surface area contributed by atoms with Gasteiger partial charge in [0.15, 0.2) is 34.4 Å². The van der Waals surface area contributed by atoms with Crippen LogP contribution < -0.4 is 33.8 Å². The summed E-state index contributed by atoms with van der Waals surface area (Å²) in [4.78, 5) is 44.2. The molecule has 0 amide bonds. The highest BCUT2D eigenvalue weighted by Gasteiger charge is 2.34. The van der Waals surface area contributed by atoms with Gasteiger partial charge in [-0.25, -0.2) is 19.0 Å². The highest BCUT2D eigenvalue weighted by Crippen LogP contribution is 2.36. The molecule has 0 unspecified atom stereocenters.